The fourth-order valence-electron chi connectivity index (χ4n) is 5.63. The molecule has 4 aliphatic rings. The zero-order valence-electron chi connectivity index (χ0n) is 22.0. The van der Waals surface area contributed by atoms with Gasteiger partial charge in [0, 0.05) is 55.7 Å². The van der Waals surface area contributed by atoms with Gasteiger partial charge < -0.3 is 19.9 Å². The number of nitrogens with zero attached hydrogens (tertiary/aromatic N) is 4. The Morgan fingerprint density at radius 2 is 1.69 bits per heavy atom. The molecular weight excluding hydrogens is 526 g/mol. The average Bonchev–Trinajstić information content (AvgIpc) is 3.61. The number of aromatic nitrogens is 2. The van der Waals surface area contributed by atoms with Crippen LogP contribution in [-0.2, 0) is 14.5 Å². The second-order valence-corrected chi connectivity index (χ2v) is 13.8. The van der Waals surface area contributed by atoms with E-state index in [0.29, 0.717) is 52.2 Å². The van der Waals surface area contributed by atoms with Crippen molar-refractivity contribution in [3.63, 3.8) is 0 Å². The zero-order chi connectivity index (χ0) is 27.4. The molecule has 3 saturated heterocycles. The Morgan fingerprint density at radius 3 is 2.31 bits per heavy atom. The highest BCUT2D eigenvalue weighted by Crippen LogP contribution is 2.54. The van der Waals surface area contributed by atoms with Gasteiger partial charge in [0.05, 0.1) is 39.4 Å². The smallest absolute Gasteiger partial charge is 0.258 e. The number of anilines is 3. The summed E-state index contributed by atoms with van der Waals surface area (Å²) in [6.07, 6.45) is 4.08. The minimum atomic E-state index is -3.07. The molecule has 6 rings (SSSR count). The quantitative estimate of drug-likeness (QED) is 0.537. The third kappa shape index (κ3) is 5.32. The normalized spacial score (nSPS) is 23.7. The summed E-state index contributed by atoms with van der Waals surface area (Å²) < 4.78 is 54.5. The first-order chi connectivity index (χ1) is 18.5. The van der Waals surface area contributed by atoms with Crippen LogP contribution in [0.4, 0.5) is 26.2 Å². The van der Waals surface area contributed by atoms with Crippen molar-refractivity contribution in [3.05, 3.63) is 35.5 Å². The van der Waals surface area contributed by atoms with Gasteiger partial charge in [0.1, 0.15) is 5.82 Å². The standard InChI is InChI=1S/C27H34F2N6O3S/c1-18-14-23(33-25(31-18)35-12-8-27(28,29)9-13-35)32-24(36)21-3-2-19(39(30,37)20-16-38-17-20)15-22(21)34-10-6-26(4-5-26)7-11-34/h2-3,14-15,20,30H,4-13,16-17H2,1H3,(H,31,32,33,36). The number of ether oxygens (including phenoxy) is 1. The van der Waals surface area contributed by atoms with E-state index in [0.717, 1.165) is 25.9 Å². The van der Waals surface area contributed by atoms with Crippen molar-refractivity contribution >= 4 is 33.1 Å². The highest BCUT2D eigenvalue weighted by molar-refractivity contribution is 7.93. The van der Waals surface area contributed by atoms with Crippen molar-refractivity contribution in [3.8, 4) is 0 Å². The largest absolute Gasteiger partial charge is 0.379 e. The summed E-state index contributed by atoms with van der Waals surface area (Å²) >= 11 is 0. The zero-order valence-corrected chi connectivity index (χ0v) is 22.9. The molecule has 1 saturated carbocycles. The molecule has 1 atom stereocenters. The summed E-state index contributed by atoms with van der Waals surface area (Å²) in [5.41, 5.74) is 2.15. The minimum Gasteiger partial charge on any atom is -0.379 e. The van der Waals surface area contributed by atoms with Gasteiger partial charge in [0.2, 0.25) is 5.95 Å². The second-order valence-electron chi connectivity index (χ2n) is 11.4. The van der Waals surface area contributed by atoms with Crippen LogP contribution in [-0.4, -0.2) is 70.6 Å². The first-order valence-electron chi connectivity index (χ1n) is 13.6. The number of carbonyl (C=O) groups excluding carboxylic acids is 1. The maximum Gasteiger partial charge on any atom is 0.258 e. The average molecular weight is 561 g/mol. The van der Waals surface area contributed by atoms with E-state index in [1.807, 2.05) is 0 Å². The first kappa shape index (κ1) is 26.4. The monoisotopic (exact) mass is 560 g/mol. The molecule has 210 valence electrons. The number of rotatable bonds is 6. The molecule has 2 N–H and O–H groups in total. The van der Waals surface area contributed by atoms with E-state index in [9.17, 15) is 17.8 Å². The highest BCUT2D eigenvalue weighted by atomic mass is 32.2. The number of aryl methyl sites for hydroxylation is 1. The van der Waals surface area contributed by atoms with Crippen molar-refractivity contribution in [1.82, 2.24) is 9.97 Å². The van der Waals surface area contributed by atoms with Gasteiger partial charge in [-0.05, 0) is 56.2 Å². The van der Waals surface area contributed by atoms with E-state index in [1.54, 1.807) is 36.1 Å². The van der Waals surface area contributed by atoms with E-state index in [4.69, 9.17) is 9.52 Å². The summed E-state index contributed by atoms with van der Waals surface area (Å²) in [5.74, 6) is -2.44. The number of alkyl halides is 2. The maximum absolute atomic E-state index is 13.7. The SMILES string of the molecule is Cc1cc(NC(=O)c2ccc(S(=N)(=O)C3COC3)cc2N2CCC3(CC2)CC3)nc(N2CCC(F)(F)CC2)n1. The fraction of sp³-hybridized carbons (Fsp3) is 0.593. The van der Waals surface area contributed by atoms with Crippen molar-refractivity contribution in [1.29, 1.82) is 4.78 Å². The molecule has 1 spiro atoms. The van der Waals surface area contributed by atoms with Gasteiger partial charge in [0.15, 0.2) is 0 Å². The fourth-order valence-corrected chi connectivity index (χ4v) is 7.14. The van der Waals surface area contributed by atoms with E-state index in [2.05, 4.69) is 20.2 Å². The van der Waals surface area contributed by atoms with Crippen LogP contribution < -0.4 is 15.1 Å². The molecule has 3 aliphatic heterocycles. The number of benzene rings is 1. The molecule has 1 aromatic carbocycles. The molecule has 12 heteroatoms. The van der Waals surface area contributed by atoms with E-state index in [1.165, 1.54) is 12.8 Å². The topological polar surface area (TPSA) is 112 Å². The summed E-state index contributed by atoms with van der Waals surface area (Å²) in [6, 6.07) is 6.66. The molecule has 2 aromatic rings. The Labute approximate surface area is 227 Å². The van der Waals surface area contributed by atoms with Gasteiger partial charge in [0.25, 0.3) is 11.8 Å². The van der Waals surface area contributed by atoms with Crippen molar-refractivity contribution in [2.45, 2.75) is 61.5 Å². The Hall–Kier alpha value is -2.86. The second kappa shape index (κ2) is 9.65. The Kier molecular flexibility index (Phi) is 6.53. The Balaban J connectivity index is 1.27. The Bertz CT molecular complexity index is 1370. The van der Waals surface area contributed by atoms with Crippen LogP contribution in [0.25, 0.3) is 0 Å². The van der Waals surface area contributed by atoms with E-state index in [-0.39, 0.29) is 37.1 Å². The predicted molar refractivity (Wildman–Crippen MR) is 144 cm³/mol. The third-order valence-corrected chi connectivity index (χ3v) is 10.8. The van der Waals surface area contributed by atoms with Crippen LogP contribution in [0.3, 0.4) is 0 Å². The molecule has 1 amide bonds. The molecule has 9 nitrogen and oxygen atoms in total. The molecular formula is C27H34F2N6O3S. The molecule has 1 aromatic heterocycles. The van der Waals surface area contributed by atoms with Gasteiger partial charge in [-0.3, -0.25) is 4.79 Å². The molecule has 4 heterocycles. The number of halogens is 2. The van der Waals surface area contributed by atoms with Gasteiger partial charge in [-0.1, -0.05) is 0 Å². The van der Waals surface area contributed by atoms with Crippen molar-refractivity contribution < 1.29 is 22.5 Å². The lowest BCUT2D eigenvalue weighted by Gasteiger charge is -2.35. The predicted octanol–water partition coefficient (Wildman–Crippen LogP) is 4.46. The minimum absolute atomic E-state index is 0.143. The van der Waals surface area contributed by atoms with Crippen LogP contribution in [0.15, 0.2) is 29.2 Å². The molecule has 0 bridgehead atoms. The maximum atomic E-state index is 13.7. The van der Waals surface area contributed by atoms with Crippen LogP contribution in [0.1, 0.15) is 54.6 Å². The number of nitrogens with one attached hydrogen (secondary N) is 2. The van der Waals surface area contributed by atoms with Crippen LogP contribution in [0.2, 0.25) is 0 Å². The van der Waals surface area contributed by atoms with Gasteiger partial charge in [-0.15, -0.1) is 0 Å². The van der Waals surface area contributed by atoms with Crippen LogP contribution >= 0.6 is 0 Å². The van der Waals surface area contributed by atoms with Crippen LogP contribution in [0, 0.1) is 17.1 Å². The first-order valence-corrected chi connectivity index (χ1v) is 15.2. The molecule has 39 heavy (non-hydrogen) atoms. The van der Waals surface area contributed by atoms with Crippen LogP contribution in [0.5, 0.6) is 0 Å². The van der Waals surface area contributed by atoms with Gasteiger partial charge >= 0.3 is 0 Å². The number of piperidine rings is 2. The number of amides is 1. The van der Waals surface area contributed by atoms with Crippen molar-refractivity contribution in [2.75, 3.05) is 54.5 Å². The summed E-state index contributed by atoms with van der Waals surface area (Å²) in [5, 5.41) is 2.53. The van der Waals surface area contributed by atoms with Gasteiger partial charge in [-0.2, -0.15) is 4.98 Å². The highest BCUT2D eigenvalue weighted by Gasteiger charge is 2.45. The lowest BCUT2D eigenvalue weighted by molar-refractivity contribution is -0.0222. The lowest BCUT2D eigenvalue weighted by atomic mass is 9.93. The Morgan fingerprint density at radius 1 is 1.03 bits per heavy atom. The molecule has 4 fully saturated rings. The molecule has 1 aliphatic carbocycles. The third-order valence-electron chi connectivity index (χ3n) is 8.62. The number of carbonyl (C=O) groups is 1. The number of hydrogen-bond acceptors (Lipinski definition) is 8. The van der Waals surface area contributed by atoms with Crippen molar-refractivity contribution in [2.24, 2.45) is 5.41 Å². The summed E-state index contributed by atoms with van der Waals surface area (Å²) in [6.45, 7) is 4.26. The van der Waals surface area contributed by atoms with E-state index < -0.39 is 15.7 Å². The molecule has 0 radical (unpaired) electrons. The summed E-state index contributed by atoms with van der Waals surface area (Å²) in [7, 11) is -3.07. The van der Waals surface area contributed by atoms with E-state index >= 15 is 0 Å². The number of hydrogen-bond donors (Lipinski definition) is 2. The molecule has 1 unspecified atom stereocenters. The lowest BCUT2D eigenvalue weighted by Crippen LogP contribution is -2.40. The summed E-state index contributed by atoms with van der Waals surface area (Å²) in [4.78, 5) is 26.8. The van der Waals surface area contributed by atoms with Gasteiger partial charge in [-0.25, -0.2) is 22.8 Å².